The highest BCUT2D eigenvalue weighted by molar-refractivity contribution is 4.79. The van der Waals surface area contributed by atoms with Gasteiger partial charge >= 0.3 is 0 Å². The third-order valence-corrected chi connectivity index (χ3v) is 4.41. The molecule has 0 aromatic rings. The van der Waals surface area contributed by atoms with Gasteiger partial charge in [0.05, 0.1) is 0 Å². The topological polar surface area (TPSA) is 32.5 Å². The predicted octanol–water partition coefficient (Wildman–Crippen LogP) is 2.17. The van der Waals surface area contributed by atoms with Gasteiger partial charge < -0.3 is 15.5 Å². The second-order valence-corrected chi connectivity index (χ2v) is 6.85. The molecule has 1 aliphatic heterocycles. The van der Waals surface area contributed by atoms with Gasteiger partial charge in [0.15, 0.2) is 0 Å². The summed E-state index contributed by atoms with van der Waals surface area (Å²) in [6, 6.07) is 0.784. The number of likely N-dealkylation sites (N-methyl/N-ethyl adjacent to an activating group) is 2. The second kappa shape index (κ2) is 7.46. The monoisotopic (exact) mass is 255 g/mol. The summed E-state index contributed by atoms with van der Waals surface area (Å²) in [7, 11) is 4.53. The first-order valence-electron chi connectivity index (χ1n) is 7.53. The summed E-state index contributed by atoms with van der Waals surface area (Å²) in [6.07, 6.45) is 6.47. The summed E-state index contributed by atoms with van der Waals surface area (Å²) in [6.45, 7) is 9.22. The fourth-order valence-electron chi connectivity index (χ4n) is 3.00. The molecule has 0 spiro atoms. The van der Waals surface area contributed by atoms with Crippen LogP contribution < -0.4 is 5.73 Å². The van der Waals surface area contributed by atoms with Crippen molar-refractivity contribution in [3.63, 3.8) is 0 Å². The number of rotatable bonds is 8. The molecule has 0 aromatic heterocycles. The van der Waals surface area contributed by atoms with Crippen LogP contribution >= 0.6 is 0 Å². The molecule has 1 aliphatic rings. The van der Waals surface area contributed by atoms with Crippen LogP contribution in [0.2, 0.25) is 0 Å². The maximum absolute atomic E-state index is 5.65. The number of nitrogens with zero attached hydrogens (tertiary/aromatic N) is 2. The van der Waals surface area contributed by atoms with Crippen LogP contribution in [0.15, 0.2) is 0 Å². The molecule has 0 aliphatic carbocycles. The third kappa shape index (κ3) is 5.68. The molecule has 2 N–H and O–H groups in total. The maximum Gasteiger partial charge on any atom is 0.0220 e. The number of hydrogen-bond acceptors (Lipinski definition) is 3. The van der Waals surface area contributed by atoms with E-state index in [2.05, 4.69) is 37.7 Å². The van der Waals surface area contributed by atoms with Crippen molar-refractivity contribution in [2.45, 2.75) is 52.0 Å². The van der Waals surface area contributed by atoms with Crippen LogP contribution in [-0.4, -0.2) is 56.1 Å². The van der Waals surface area contributed by atoms with Crippen LogP contribution in [0.5, 0.6) is 0 Å². The zero-order valence-electron chi connectivity index (χ0n) is 12.9. The van der Waals surface area contributed by atoms with Crippen LogP contribution in [0, 0.1) is 5.41 Å². The van der Waals surface area contributed by atoms with Crippen LogP contribution in [-0.2, 0) is 0 Å². The highest BCUT2D eigenvalue weighted by Crippen LogP contribution is 2.26. The van der Waals surface area contributed by atoms with Gasteiger partial charge in [0.25, 0.3) is 0 Å². The molecule has 1 saturated heterocycles. The molecule has 3 nitrogen and oxygen atoms in total. The van der Waals surface area contributed by atoms with Gasteiger partial charge in [-0.25, -0.2) is 0 Å². The second-order valence-electron chi connectivity index (χ2n) is 6.85. The minimum atomic E-state index is 0.416. The van der Waals surface area contributed by atoms with Crippen LogP contribution in [0.1, 0.15) is 46.0 Å². The Labute approximate surface area is 114 Å². The first-order chi connectivity index (χ1) is 8.44. The van der Waals surface area contributed by atoms with E-state index < -0.39 is 0 Å². The van der Waals surface area contributed by atoms with Gasteiger partial charge in [0, 0.05) is 12.6 Å². The Hall–Kier alpha value is -0.120. The Morgan fingerprint density at radius 3 is 2.61 bits per heavy atom. The van der Waals surface area contributed by atoms with E-state index in [1.807, 2.05) is 0 Å². The minimum absolute atomic E-state index is 0.416. The molecule has 3 heteroatoms. The van der Waals surface area contributed by atoms with Crippen molar-refractivity contribution in [2.75, 3.05) is 40.3 Å². The zero-order chi connectivity index (χ0) is 13.6. The van der Waals surface area contributed by atoms with Gasteiger partial charge in [-0.15, -0.1) is 0 Å². The van der Waals surface area contributed by atoms with E-state index in [1.54, 1.807) is 0 Å². The van der Waals surface area contributed by atoms with Crippen molar-refractivity contribution in [1.29, 1.82) is 0 Å². The summed E-state index contributed by atoms with van der Waals surface area (Å²) in [5.41, 5.74) is 6.07. The van der Waals surface area contributed by atoms with Crippen LogP contribution in [0.25, 0.3) is 0 Å². The normalized spacial score (nSPS) is 22.0. The van der Waals surface area contributed by atoms with Crippen molar-refractivity contribution < 1.29 is 0 Å². The van der Waals surface area contributed by atoms with Crippen molar-refractivity contribution >= 4 is 0 Å². The Bertz CT molecular complexity index is 228. The SMILES string of the molecule is CN(CCCC(C)(C)CCN)CC1CCCN1C. The molecule has 1 heterocycles. The van der Waals surface area contributed by atoms with E-state index in [0.29, 0.717) is 5.41 Å². The predicted molar refractivity (Wildman–Crippen MR) is 79.8 cm³/mol. The van der Waals surface area contributed by atoms with Crippen LogP contribution in [0.4, 0.5) is 0 Å². The largest absolute Gasteiger partial charge is 0.330 e. The summed E-state index contributed by atoms with van der Waals surface area (Å²) in [5, 5.41) is 0. The Morgan fingerprint density at radius 1 is 1.33 bits per heavy atom. The molecule has 18 heavy (non-hydrogen) atoms. The molecule has 1 fully saturated rings. The molecule has 108 valence electrons. The quantitative estimate of drug-likeness (QED) is 0.721. The number of hydrogen-bond donors (Lipinski definition) is 1. The maximum atomic E-state index is 5.65. The summed E-state index contributed by atoms with van der Waals surface area (Å²) < 4.78 is 0. The van der Waals surface area contributed by atoms with E-state index in [0.717, 1.165) is 19.0 Å². The molecular weight excluding hydrogens is 222 g/mol. The molecule has 0 radical (unpaired) electrons. The molecule has 0 bridgehead atoms. The highest BCUT2D eigenvalue weighted by Gasteiger charge is 2.22. The molecule has 0 amide bonds. The van der Waals surface area contributed by atoms with E-state index in [-0.39, 0.29) is 0 Å². The highest BCUT2D eigenvalue weighted by atomic mass is 15.2. The average Bonchev–Trinajstić information content (AvgIpc) is 2.64. The lowest BCUT2D eigenvalue weighted by Gasteiger charge is -2.28. The van der Waals surface area contributed by atoms with E-state index in [1.165, 1.54) is 45.3 Å². The number of nitrogens with two attached hydrogens (primary N) is 1. The fourth-order valence-corrected chi connectivity index (χ4v) is 3.00. The first kappa shape index (κ1) is 15.9. The van der Waals surface area contributed by atoms with E-state index in [9.17, 15) is 0 Å². The van der Waals surface area contributed by atoms with Crippen LogP contribution in [0.3, 0.4) is 0 Å². The smallest absolute Gasteiger partial charge is 0.0220 e. The van der Waals surface area contributed by atoms with Gasteiger partial charge in [-0.2, -0.15) is 0 Å². The molecule has 1 atom stereocenters. The zero-order valence-corrected chi connectivity index (χ0v) is 12.9. The van der Waals surface area contributed by atoms with Crippen molar-refractivity contribution in [3.05, 3.63) is 0 Å². The Balaban J connectivity index is 2.15. The van der Waals surface area contributed by atoms with Gasteiger partial charge in [0.2, 0.25) is 0 Å². The molecule has 0 saturated carbocycles. The van der Waals surface area contributed by atoms with Gasteiger partial charge in [0.1, 0.15) is 0 Å². The van der Waals surface area contributed by atoms with Gasteiger partial charge in [-0.05, 0) is 71.2 Å². The fraction of sp³-hybridized carbons (Fsp3) is 1.00. The van der Waals surface area contributed by atoms with Gasteiger partial charge in [-0.1, -0.05) is 13.8 Å². The first-order valence-corrected chi connectivity index (χ1v) is 7.53. The molecule has 1 rings (SSSR count). The lowest BCUT2D eigenvalue weighted by molar-refractivity contribution is 0.206. The Morgan fingerprint density at radius 2 is 2.06 bits per heavy atom. The molecular formula is C15H33N3. The van der Waals surface area contributed by atoms with Crippen molar-refractivity contribution in [1.82, 2.24) is 9.80 Å². The summed E-state index contributed by atoms with van der Waals surface area (Å²) in [4.78, 5) is 5.01. The molecule has 1 unspecified atom stereocenters. The lowest BCUT2D eigenvalue weighted by Crippen LogP contribution is -2.37. The average molecular weight is 255 g/mol. The van der Waals surface area contributed by atoms with E-state index >= 15 is 0 Å². The van der Waals surface area contributed by atoms with E-state index in [4.69, 9.17) is 5.73 Å². The van der Waals surface area contributed by atoms with Gasteiger partial charge in [-0.3, -0.25) is 0 Å². The van der Waals surface area contributed by atoms with Crippen molar-refractivity contribution in [3.8, 4) is 0 Å². The summed E-state index contributed by atoms with van der Waals surface area (Å²) >= 11 is 0. The third-order valence-electron chi connectivity index (χ3n) is 4.41. The molecule has 0 aromatic carbocycles. The number of likely N-dealkylation sites (tertiary alicyclic amines) is 1. The Kier molecular flexibility index (Phi) is 6.61. The lowest BCUT2D eigenvalue weighted by atomic mass is 9.84. The van der Waals surface area contributed by atoms with Crippen molar-refractivity contribution in [2.24, 2.45) is 11.1 Å². The minimum Gasteiger partial charge on any atom is -0.330 e. The summed E-state index contributed by atoms with van der Waals surface area (Å²) in [5.74, 6) is 0. The standard InChI is InChI=1S/C15H33N3/c1-15(2,9-10-16)8-6-11-17(3)13-14-7-5-12-18(14)4/h14H,5-13,16H2,1-4H3.